The maximum atomic E-state index is 12.5. The molecule has 0 bridgehead atoms. The van der Waals surface area contributed by atoms with Gasteiger partial charge in [0.05, 0.1) is 77.5 Å². The van der Waals surface area contributed by atoms with Gasteiger partial charge in [0, 0.05) is 71.7 Å². The number of nitrogens with two attached hydrogens (primary N) is 2. The highest BCUT2D eigenvalue weighted by Gasteiger charge is 2.39. The molecule has 8 rings (SSSR count). The third kappa shape index (κ3) is 20.5. The number of ether oxygens (including phenoxy) is 4. The topological polar surface area (TPSA) is 326 Å². The minimum Gasteiger partial charge on any atom is -0.490 e. The summed E-state index contributed by atoms with van der Waals surface area (Å²) in [6.45, 7) is 14.7. The van der Waals surface area contributed by atoms with Crippen molar-refractivity contribution < 1.29 is 88.2 Å². The highest BCUT2D eigenvalue weighted by atomic mass is 32.2. The monoisotopic (exact) mass is 1320 g/mol. The molecule has 93 heavy (non-hydrogen) atoms. The predicted molar refractivity (Wildman–Crippen MR) is 341 cm³/mol. The van der Waals surface area contributed by atoms with E-state index in [0.717, 1.165) is 57.7 Å². The highest BCUT2D eigenvalue weighted by molar-refractivity contribution is 7.90. The van der Waals surface area contributed by atoms with Gasteiger partial charge in [-0.05, 0) is 117 Å². The van der Waals surface area contributed by atoms with Crippen LogP contribution in [-0.4, -0.2) is 109 Å². The lowest BCUT2D eigenvalue weighted by atomic mass is 10.0. The van der Waals surface area contributed by atoms with Gasteiger partial charge in [-0.2, -0.15) is 26.3 Å². The van der Waals surface area contributed by atoms with Gasteiger partial charge in [-0.15, -0.1) is 0 Å². The molecule has 6 aromatic carbocycles. The fourth-order valence-corrected chi connectivity index (χ4v) is 9.91. The Balaban J connectivity index is 0.000000279. The van der Waals surface area contributed by atoms with E-state index in [-0.39, 0.29) is 28.7 Å². The molecule has 8 aromatic rings. The van der Waals surface area contributed by atoms with Gasteiger partial charge < -0.3 is 67.0 Å². The smallest absolute Gasteiger partial charge is 0.490 e. The lowest BCUT2D eigenvalue weighted by Gasteiger charge is -2.21. The van der Waals surface area contributed by atoms with Crippen molar-refractivity contribution >= 4 is 83.8 Å². The number of sulfone groups is 1. The number of aromatic nitrogens is 2. The number of fused-ring (bicyclic) bond motifs is 2. The number of carboxylic acid groups (broad SMARTS) is 2. The quantitative estimate of drug-likeness (QED) is 0.0240. The molecule has 11 N–H and O–H groups in total. The molecule has 0 unspecified atom stereocenters. The summed E-state index contributed by atoms with van der Waals surface area (Å²) in [5.41, 5.74) is 22.3. The summed E-state index contributed by atoms with van der Waals surface area (Å²) in [4.78, 5) is 51.9. The number of nitrogens with zero attached hydrogens (tertiary/aromatic N) is 2. The van der Waals surface area contributed by atoms with E-state index in [0.29, 0.717) is 95.7 Å². The first kappa shape index (κ1) is 73.8. The first-order valence-electron chi connectivity index (χ1n) is 28.9. The van der Waals surface area contributed by atoms with E-state index in [9.17, 15) is 49.5 Å². The first-order chi connectivity index (χ1) is 44.0. The number of carbonyl (C=O) groups is 4. The Hall–Kier alpha value is -9.93. The maximum Gasteiger partial charge on any atom is 0.490 e. The van der Waals surface area contributed by atoms with E-state index in [1.54, 1.807) is 30.3 Å². The van der Waals surface area contributed by atoms with E-state index in [1.807, 2.05) is 107 Å². The molecule has 0 aliphatic heterocycles. The molecule has 0 fully saturated rings. The largest absolute Gasteiger partial charge is 0.490 e. The lowest BCUT2D eigenvalue weighted by molar-refractivity contribution is -0.193. The van der Waals surface area contributed by atoms with E-state index in [4.69, 9.17) is 50.2 Å². The first-order valence-corrected chi connectivity index (χ1v) is 30.8. The number of alkyl halides is 6. The molecule has 0 saturated carbocycles. The summed E-state index contributed by atoms with van der Waals surface area (Å²) in [5.74, 6) is -4.40. The summed E-state index contributed by atoms with van der Waals surface area (Å²) < 4.78 is 110. The van der Waals surface area contributed by atoms with Gasteiger partial charge in [-0.25, -0.2) is 18.0 Å². The summed E-state index contributed by atoms with van der Waals surface area (Å²) in [5, 5.41) is 39.4. The Kier molecular flexibility index (Phi) is 26.9. The van der Waals surface area contributed by atoms with Crippen molar-refractivity contribution in [2.24, 2.45) is 11.5 Å². The van der Waals surface area contributed by atoms with Crippen molar-refractivity contribution in [3.63, 3.8) is 0 Å². The minimum atomic E-state index is -5.08. The maximum absolute atomic E-state index is 12.5. The minimum absolute atomic E-state index is 0.0136. The zero-order valence-corrected chi connectivity index (χ0v) is 52.5. The van der Waals surface area contributed by atoms with Crippen molar-refractivity contribution in [1.29, 1.82) is 0 Å². The molecule has 0 radical (unpaired) electrons. The van der Waals surface area contributed by atoms with Crippen molar-refractivity contribution in [1.82, 2.24) is 15.3 Å². The Morgan fingerprint density at radius 3 is 1.29 bits per heavy atom. The lowest BCUT2D eigenvalue weighted by Crippen LogP contribution is -2.24. The van der Waals surface area contributed by atoms with Crippen molar-refractivity contribution in [3.05, 3.63) is 167 Å². The van der Waals surface area contributed by atoms with E-state index >= 15 is 0 Å². The highest BCUT2D eigenvalue weighted by Crippen LogP contribution is 2.41. The Labute approximate surface area is 532 Å². The molecule has 1 atom stereocenters. The number of benzene rings is 6. The number of primary amides is 2. The van der Waals surface area contributed by atoms with Crippen LogP contribution >= 0.6 is 0 Å². The molecular weight excluding hydrogens is 1250 g/mol. The summed E-state index contributed by atoms with van der Waals surface area (Å²) in [7, 11) is -3.26. The molecule has 2 aromatic heterocycles. The number of aliphatic hydroxyl groups is 1. The number of aliphatic carboxylic acids is 2. The zero-order valence-electron chi connectivity index (χ0n) is 51.7. The third-order valence-electron chi connectivity index (χ3n) is 13.5. The van der Waals surface area contributed by atoms with Gasteiger partial charge in [0.2, 0.25) is 0 Å². The van der Waals surface area contributed by atoms with Crippen LogP contribution < -0.4 is 51.7 Å². The van der Waals surface area contributed by atoms with Crippen LogP contribution in [0.5, 0.6) is 23.0 Å². The van der Waals surface area contributed by atoms with Gasteiger partial charge in [-0.3, -0.25) is 19.6 Å². The van der Waals surface area contributed by atoms with Crippen molar-refractivity contribution in [3.8, 4) is 23.0 Å². The van der Waals surface area contributed by atoms with Crippen LogP contribution in [0, 0.1) is 0 Å². The van der Waals surface area contributed by atoms with Crippen LogP contribution in [0.4, 0.5) is 54.8 Å². The number of rotatable bonds is 25. The van der Waals surface area contributed by atoms with Crippen LogP contribution in [-0.2, 0) is 45.4 Å². The standard InChI is InChI=1S/C31H36N4O4.C30H34N4O5S.2C2HF3O2/c1-4-22-21(17-33-27(19-36)20-11-8-7-9-12-20)13-10-14-25(22)35-30-23-15-28(38-5-2)29(39-6-3)16-26(23)34-18-24(30)31(32)37;1-5-22-19(17-32-20-11-13-21(14-12-20)40(4,36)37)9-8-10-25(22)34-29-23-15-27(38-6-2)28(39-7-3)16-26(23)33-18-24(29)30(31)35;2*3-2(4,5)1(6)7/h7-16,18,27,33,36H,4-6,17,19H2,1-3H3,(H2,32,37)(H,34,35);8-16,18,32H,5-7,17H2,1-4H3,(H2,31,35)(H,33,34);2*(H,6,7)/t27-;;;/m1.../s1. The Morgan fingerprint density at radius 1 is 0.559 bits per heavy atom. The predicted octanol–water partition coefficient (Wildman–Crippen LogP) is 12.0. The van der Waals surface area contributed by atoms with E-state index in [1.165, 1.54) is 18.6 Å². The number of amides is 2. The number of pyridine rings is 2. The van der Waals surface area contributed by atoms with Crippen LogP contribution in [0.1, 0.15) is 96.1 Å². The number of carboxylic acids is 2. The van der Waals surface area contributed by atoms with Crippen LogP contribution in [0.2, 0.25) is 0 Å². The van der Waals surface area contributed by atoms with Crippen molar-refractivity contribution in [2.45, 2.75) is 90.8 Å². The van der Waals surface area contributed by atoms with Crippen molar-refractivity contribution in [2.75, 3.05) is 55.2 Å². The molecule has 2 amide bonds. The third-order valence-corrected chi connectivity index (χ3v) is 14.7. The number of aliphatic hydroxyl groups excluding tert-OH is 1. The molecular formula is C65H72F6N8O13S. The second-order valence-electron chi connectivity index (χ2n) is 19.8. The molecule has 2 heterocycles. The number of anilines is 5. The normalized spacial score (nSPS) is 11.5. The average Bonchev–Trinajstić information content (AvgIpc) is 0.785. The number of halogens is 6. The molecule has 498 valence electrons. The van der Waals surface area contributed by atoms with E-state index in [2.05, 4.69) is 51.1 Å². The summed E-state index contributed by atoms with van der Waals surface area (Å²) in [6, 6.07) is 35.6. The van der Waals surface area contributed by atoms with Crippen LogP contribution in [0.15, 0.2) is 133 Å². The summed E-state index contributed by atoms with van der Waals surface area (Å²) in [6.07, 6.45) is -4.54. The van der Waals surface area contributed by atoms with Gasteiger partial charge in [0.25, 0.3) is 11.8 Å². The zero-order chi connectivity index (χ0) is 68.8. The number of carbonyl (C=O) groups excluding carboxylic acids is 2. The molecule has 0 aliphatic carbocycles. The Morgan fingerprint density at radius 2 is 0.946 bits per heavy atom. The van der Waals surface area contributed by atoms with Crippen LogP contribution in [0.3, 0.4) is 0 Å². The van der Waals surface area contributed by atoms with Gasteiger partial charge in [0.15, 0.2) is 32.8 Å². The fourth-order valence-electron chi connectivity index (χ4n) is 9.28. The van der Waals surface area contributed by atoms with Gasteiger partial charge in [-0.1, -0.05) is 68.4 Å². The Bertz CT molecular complexity index is 3970. The molecule has 21 nitrogen and oxygen atoms in total. The molecule has 28 heteroatoms. The number of hydrogen-bond donors (Lipinski definition) is 9. The SMILES string of the molecule is CCOc1cc2ncc(C(N)=O)c(Nc3cccc(CN[C@H](CO)c4ccccc4)c3CC)c2cc1OCC.CCOc1cc2ncc(C(N)=O)c(Nc3cccc(CNc4ccc(S(C)(=O)=O)cc4)c3CC)c2cc1OCC.O=C(O)C(F)(F)F.O=C(O)C(F)(F)F. The number of hydrogen-bond acceptors (Lipinski definition) is 17. The second kappa shape index (κ2) is 33.9. The fraction of sp³-hybridized carbons (Fsp3) is 0.292. The average molecular weight is 1320 g/mol. The second-order valence-corrected chi connectivity index (χ2v) is 21.8. The van der Waals surface area contributed by atoms with Crippen LogP contribution in [0.25, 0.3) is 21.8 Å². The molecule has 0 aliphatic rings. The molecule has 0 spiro atoms. The molecule has 0 saturated heterocycles. The van der Waals surface area contributed by atoms with Gasteiger partial charge >= 0.3 is 24.3 Å². The number of nitrogens with one attached hydrogen (secondary N) is 4. The summed E-state index contributed by atoms with van der Waals surface area (Å²) >= 11 is 0. The van der Waals surface area contributed by atoms with Gasteiger partial charge in [0.1, 0.15) is 0 Å². The van der Waals surface area contributed by atoms with E-state index < -0.39 is 45.9 Å².